The Bertz CT molecular complexity index is 530. The summed E-state index contributed by atoms with van der Waals surface area (Å²) in [5.41, 5.74) is 0.730. The number of benzene rings is 1. The van der Waals surface area contributed by atoms with Crippen LogP contribution in [0.2, 0.25) is 0 Å². The second-order valence-electron chi connectivity index (χ2n) is 5.20. The third-order valence-electron chi connectivity index (χ3n) is 3.62. The van der Waals surface area contributed by atoms with E-state index in [1.807, 2.05) is 0 Å². The van der Waals surface area contributed by atoms with Crippen LogP contribution in [0.5, 0.6) is 0 Å². The van der Waals surface area contributed by atoms with E-state index in [1.165, 1.54) is 6.07 Å². The summed E-state index contributed by atoms with van der Waals surface area (Å²) in [6, 6.07) is 4.54. The Balaban J connectivity index is 2.14. The van der Waals surface area contributed by atoms with Crippen molar-refractivity contribution in [2.75, 3.05) is 18.4 Å². The first-order valence-electron chi connectivity index (χ1n) is 6.83. The summed E-state index contributed by atoms with van der Waals surface area (Å²) in [6.45, 7) is 5.20. The maximum Gasteiger partial charge on any atom is 0.293 e. The second kappa shape index (κ2) is 5.90. The van der Waals surface area contributed by atoms with Crippen molar-refractivity contribution in [1.29, 1.82) is 0 Å². The van der Waals surface area contributed by atoms with Crippen molar-refractivity contribution >= 4 is 17.3 Å². The molecule has 108 valence electrons. The zero-order valence-electron chi connectivity index (χ0n) is 11.7. The van der Waals surface area contributed by atoms with Gasteiger partial charge < -0.3 is 10.6 Å². The fraction of sp³-hybridized carbons (Fsp3) is 0.500. The molecule has 2 atom stereocenters. The van der Waals surface area contributed by atoms with Gasteiger partial charge in [0.2, 0.25) is 0 Å². The van der Waals surface area contributed by atoms with Crippen LogP contribution in [-0.4, -0.2) is 23.9 Å². The molecule has 1 saturated carbocycles. The number of hydrogen-bond acceptors (Lipinski definition) is 4. The van der Waals surface area contributed by atoms with E-state index in [0.29, 0.717) is 29.6 Å². The number of amides is 1. The number of carbonyl (C=O) groups excluding carboxylic acids is 1. The standard InChI is InChI=1S/C14H19N3O3/c1-3-15-14(18)10-4-5-12(13(7-10)17(19)20)16-8-11-6-9(11)2/h4-5,7,9,11,16H,3,6,8H2,1-2H3,(H,15,18). The Morgan fingerprint density at radius 3 is 2.75 bits per heavy atom. The van der Waals surface area contributed by atoms with Gasteiger partial charge in [0.25, 0.3) is 11.6 Å². The van der Waals surface area contributed by atoms with E-state index in [0.717, 1.165) is 13.0 Å². The van der Waals surface area contributed by atoms with E-state index in [2.05, 4.69) is 17.6 Å². The summed E-state index contributed by atoms with van der Waals surface area (Å²) in [7, 11) is 0. The molecule has 0 spiro atoms. The average Bonchev–Trinajstić information content (AvgIpc) is 3.12. The van der Waals surface area contributed by atoms with Gasteiger partial charge in [-0.15, -0.1) is 0 Å². The maximum absolute atomic E-state index is 11.7. The van der Waals surface area contributed by atoms with Gasteiger partial charge in [-0.3, -0.25) is 14.9 Å². The third-order valence-corrected chi connectivity index (χ3v) is 3.62. The number of nitro benzene ring substituents is 1. The molecule has 1 aliphatic carbocycles. The van der Waals surface area contributed by atoms with E-state index in [-0.39, 0.29) is 11.6 Å². The van der Waals surface area contributed by atoms with Gasteiger partial charge in [0, 0.05) is 24.7 Å². The molecule has 1 aliphatic rings. The maximum atomic E-state index is 11.7. The van der Waals surface area contributed by atoms with Crippen LogP contribution < -0.4 is 10.6 Å². The molecule has 0 radical (unpaired) electrons. The quantitative estimate of drug-likeness (QED) is 0.617. The molecule has 2 N–H and O–H groups in total. The first kappa shape index (κ1) is 14.3. The van der Waals surface area contributed by atoms with Crippen molar-refractivity contribution in [1.82, 2.24) is 5.32 Å². The molecular formula is C14H19N3O3. The van der Waals surface area contributed by atoms with E-state index >= 15 is 0 Å². The zero-order chi connectivity index (χ0) is 14.7. The summed E-state index contributed by atoms with van der Waals surface area (Å²) in [4.78, 5) is 22.4. The number of nitrogens with one attached hydrogen (secondary N) is 2. The number of anilines is 1. The molecule has 6 heteroatoms. The first-order valence-corrected chi connectivity index (χ1v) is 6.83. The van der Waals surface area contributed by atoms with Crippen molar-refractivity contribution in [2.45, 2.75) is 20.3 Å². The molecule has 6 nitrogen and oxygen atoms in total. The molecule has 0 heterocycles. The van der Waals surface area contributed by atoms with Crippen LogP contribution in [0.25, 0.3) is 0 Å². The van der Waals surface area contributed by atoms with Gasteiger partial charge in [0.1, 0.15) is 5.69 Å². The Labute approximate surface area is 117 Å². The summed E-state index contributed by atoms with van der Waals surface area (Å²) in [6.07, 6.45) is 1.16. The van der Waals surface area contributed by atoms with Crippen LogP contribution in [0, 0.1) is 22.0 Å². The topological polar surface area (TPSA) is 84.3 Å². The van der Waals surface area contributed by atoms with Crippen LogP contribution in [0.1, 0.15) is 30.6 Å². The fourth-order valence-corrected chi connectivity index (χ4v) is 2.16. The van der Waals surface area contributed by atoms with Crippen LogP contribution in [0.4, 0.5) is 11.4 Å². The molecule has 0 saturated heterocycles. The molecule has 1 fully saturated rings. The Hall–Kier alpha value is -2.11. The highest BCUT2D eigenvalue weighted by molar-refractivity contribution is 5.95. The number of nitro groups is 1. The number of rotatable bonds is 6. The number of hydrogen-bond donors (Lipinski definition) is 2. The average molecular weight is 277 g/mol. The minimum atomic E-state index is -0.457. The second-order valence-corrected chi connectivity index (χ2v) is 5.20. The summed E-state index contributed by atoms with van der Waals surface area (Å²) in [5, 5.41) is 16.9. The van der Waals surface area contributed by atoms with Gasteiger partial charge >= 0.3 is 0 Å². The van der Waals surface area contributed by atoms with Crippen LogP contribution >= 0.6 is 0 Å². The highest BCUT2D eigenvalue weighted by Crippen LogP contribution is 2.38. The van der Waals surface area contributed by atoms with Gasteiger partial charge in [-0.25, -0.2) is 0 Å². The third kappa shape index (κ3) is 3.26. The minimum absolute atomic E-state index is 0.0537. The lowest BCUT2D eigenvalue weighted by atomic mass is 10.1. The van der Waals surface area contributed by atoms with Crippen molar-refractivity contribution < 1.29 is 9.72 Å². The molecule has 0 aromatic heterocycles. The highest BCUT2D eigenvalue weighted by Gasteiger charge is 2.32. The van der Waals surface area contributed by atoms with Gasteiger partial charge in [-0.05, 0) is 37.3 Å². The smallest absolute Gasteiger partial charge is 0.293 e. The summed E-state index contributed by atoms with van der Waals surface area (Å²) < 4.78 is 0. The van der Waals surface area contributed by atoms with Crippen LogP contribution in [-0.2, 0) is 0 Å². The normalized spacial score (nSPS) is 20.3. The van der Waals surface area contributed by atoms with Gasteiger partial charge in [-0.1, -0.05) is 6.92 Å². The molecule has 0 bridgehead atoms. The van der Waals surface area contributed by atoms with E-state index in [1.54, 1.807) is 19.1 Å². The molecule has 1 aromatic rings. The lowest BCUT2D eigenvalue weighted by Crippen LogP contribution is -2.22. The van der Waals surface area contributed by atoms with Gasteiger partial charge in [0.15, 0.2) is 0 Å². The van der Waals surface area contributed by atoms with Crippen molar-refractivity contribution in [3.63, 3.8) is 0 Å². The number of carbonyl (C=O) groups is 1. The number of nitrogens with zero attached hydrogens (tertiary/aromatic N) is 1. The molecule has 0 aliphatic heterocycles. The lowest BCUT2D eigenvalue weighted by molar-refractivity contribution is -0.384. The minimum Gasteiger partial charge on any atom is -0.379 e. The molecule has 1 aromatic carbocycles. The summed E-state index contributed by atoms with van der Waals surface area (Å²) >= 11 is 0. The van der Waals surface area contributed by atoms with E-state index in [9.17, 15) is 14.9 Å². The predicted molar refractivity (Wildman–Crippen MR) is 76.9 cm³/mol. The predicted octanol–water partition coefficient (Wildman–Crippen LogP) is 2.41. The molecule has 1 amide bonds. The molecular weight excluding hydrogens is 258 g/mol. The van der Waals surface area contributed by atoms with Gasteiger partial charge in [-0.2, -0.15) is 0 Å². The Morgan fingerprint density at radius 2 is 2.20 bits per heavy atom. The Morgan fingerprint density at radius 1 is 1.50 bits per heavy atom. The SMILES string of the molecule is CCNC(=O)c1ccc(NCC2CC2C)c([N+](=O)[O-])c1. The van der Waals surface area contributed by atoms with Crippen molar-refractivity contribution in [3.05, 3.63) is 33.9 Å². The lowest BCUT2D eigenvalue weighted by Gasteiger charge is -2.08. The monoisotopic (exact) mass is 277 g/mol. The largest absolute Gasteiger partial charge is 0.379 e. The van der Waals surface area contributed by atoms with Crippen LogP contribution in [0.15, 0.2) is 18.2 Å². The Kier molecular flexibility index (Phi) is 4.22. The zero-order valence-corrected chi connectivity index (χ0v) is 11.7. The van der Waals surface area contributed by atoms with E-state index < -0.39 is 4.92 Å². The molecule has 20 heavy (non-hydrogen) atoms. The van der Waals surface area contributed by atoms with Gasteiger partial charge in [0.05, 0.1) is 4.92 Å². The first-order chi connectivity index (χ1) is 9.52. The van der Waals surface area contributed by atoms with Crippen molar-refractivity contribution in [3.8, 4) is 0 Å². The van der Waals surface area contributed by atoms with E-state index in [4.69, 9.17) is 0 Å². The molecule has 2 rings (SSSR count). The van der Waals surface area contributed by atoms with Crippen LogP contribution in [0.3, 0.4) is 0 Å². The fourth-order valence-electron chi connectivity index (χ4n) is 2.16. The summed E-state index contributed by atoms with van der Waals surface area (Å²) in [5.74, 6) is 0.992. The van der Waals surface area contributed by atoms with Crippen molar-refractivity contribution in [2.24, 2.45) is 11.8 Å². The highest BCUT2D eigenvalue weighted by atomic mass is 16.6. The molecule has 2 unspecified atom stereocenters.